The molecule has 2 atom stereocenters. The lowest BCUT2D eigenvalue weighted by Crippen LogP contribution is -2.14. The zero-order chi connectivity index (χ0) is 12.5. The molecule has 0 bridgehead atoms. The van der Waals surface area contributed by atoms with Gasteiger partial charge in [-0.05, 0) is 52.4 Å². The Morgan fingerprint density at radius 1 is 1.44 bits per heavy atom. The van der Waals surface area contributed by atoms with Crippen molar-refractivity contribution in [3.8, 4) is 0 Å². The number of nitrogens with one attached hydrogen (secondary N) is 1. The number of nitrogens with zero attached hydrogens (tertiary/aromatic N) is 2. The topological polar surface area (TPSA) is 28.2 Å². The first kappa shape index (κ1) is 12.6. The van der Waals surface area contributed by atoms with E-state index >= 15 is 0 Å². The number of rotatable bonds is 3. The molecule has 0 amide bonds. The van der Waals surface area contributed by atoms with Crippen LogP contribution in [0.3, 0.4) is 0 Å². The molecule has 2 aliphatic heterocycles. The monoisotopic (exact) mass is 265 g/mol. The first-order valence-corrected chi connectivity index (χ1v) is 7.89. The molecule has 0 aromatic carbocycles. The summed E-state index contributed by atoms with van der Waals surface area (Å²) in [5.74, 6) is 1.50. The maximum atomic E-state index is 4.95. The third-order valence-corrected chi connectivity index (χ3v) is 5.29. The minimum absolute atomic E-state index is 0.682. The fraction of sp³-hybridized carbons (Fsp3) is 0.786. The standard InChI is InChI=1S/C14H23N3S/c1-10-14(12-4-6-17(2)9-12)16-13(18-10)7-11-3-5-15-8-11/h11-12,15H,3-9H2,1-2H3. The van der Waals surface area contributed by atoms with Crippen LogP contribution < -0.4 is 5.32 Å². The second-order valence-corrected chi connectivity index (χ2v) is 7.15. The van der Waals surface area contributed by atoms with E-state index in [0.717, 1.165) is 5.92 Å². The normalized spacial score (nSPS) is 29.2. The van der Waals surface area contributed by atoms with Gasteiger partial charge in [-0.1, -0.05) is 0 Å². The van der Waals surface area contributed by atoms with Crippen LogP contribution in [0.5, 0.6) is 0 Å². The zero-order valence-electron chi connectivity index (χ0n) is 11.4. The molecular formula is C14H23N3S. The van der Waals surface area contributed by atoms with Gasteiger partial charge in [-0.15, -0.1) is 11.3 Å². The molecule has 100 valence electrons. The predicted octanol–water partition coefficient (Wildman–Crippen LogP) is 2.02. The van der Waals surface area contributed by atoms with Crippen LogP contribution in [-0.2, 0) is 6.42 Å². The molecule has 2 saturated heterocycles. The van der Waals surface area contributed by atoms with Gasteiger partial charge in [-0.25, -0.2) is 4.98 Å². The molecule has 0 saturated carbocycles. The van der Waals surface area contributed by atoms with E-state index < -0.39 is 0 Å². The largest absolute Gasteiger partial charge is 0.316 e. The summed E-state index contributed by atoms with van der Waals surface area (Å²) in [6, 6.07) is 0. The molecule has 0 aliphatic carbocycles. The van der Waals surface area contributed by atoms with Crippen LogP contribution in [-0.4, -0.2) is 43.1 Å². The number of aromatic nitrogens is 1. The average molecular weight is 265 g/mol. The minimum Gasteiger partial charge on any atom is -0.316 e. The van der Waals surface area contributed by atoms with Crippen LogP contribution >= 0.6 is 11.3 Å². The molecule has 3 nitrogen and oxygen atoms in total. The van der Waals surface area contributed by atoms with E-state index in [-0.39, 0.29) is 0 Å². The van der Waals surface area contributed by atoms with E-state index in [4.69, 9.17) is 4.98 Å². The molecular weight excluding hydrogens is 242 g/mol. The van der Waals surface area contributed by atoms with E-state index in [0.29, 0.717) is 5.92 Å². The van der Waals surface area contributed by atoms with Crippen LogP contribution in [0.15, 0.2) is 0 Å². The van der Waals surface area contributed by atoms with Crippen LogP contribution in [0.25, 0.3) is 0 Å². The summed E-state index contributed by atoms with van der Waals surface area (Å²) in [6.07, 6.45) is 3.78. The lowest BCUT2D eigenvalue weighted by Gasteiger charge is -2.08. The van der Waals surface area contributed by atoms with Crippen molar-refractivity contribution in [3.63, 3.8) is 0 Å². The molecule has 2 aliphatic rings. The molecule has 3 heterocycles. The lowest BCUT2D eigenvalue weighted by atomic mass is 10.0. The van der Waals surface area contributed by atoms with Gasteiger partial charge in [-0.3, -0.25) is 0 Å². The Morgan fingerprint density at radius 3 is 3.00 bits per heavy atom. The number of likely N-dealkylation sites (N-methyl/N-ethyl adjacent to an activating group) is 1. The second-order valence-electron chi connectivity index (χ2n) is 5.86. The third kappa shape index (κ3) is 2.60. The van der Waals surface area contributed by atoms with Gasteiger partial charge in [0.25, 0.3) is 0 Å². The van der Waals surface area contributed by atoms with Crippen molar-refractivity contribution >= 4 is 11.3 Å². The lowest BCUT2D eigenvalue weighted by molar-refractivity contribution is 0.410. The van der Waals surface area contributed by atoms with Crippen molar-refractivity contribution in [2.75, 3.05) is 33.2 Å². The molecule has 2 fully saturated rings. The SMILES string of the molecule is Cc1sc(CC2CCNC2)nc1C1CCN(C)C1. The van der Waals surface area contributed by atoms with Crippen molar-refractivity contribution in [3.05, 3.63) is 15.6 Å². The Kier molecular flexibility index (Phi) is 3.68. The number of likely N-dealkylation sites (tertiary alicyclic amines) is 1. The van der Waals surface area contributed by atoms with Gasteiger partial charge in [0, 0.05) is 23.8 Å². The quantitative estimate of drug-likeness (QED) is 0.906. The fourth-order valence-electron chi connectivity index (χ4n) is 3.22. The van der Waals surface area contributed by atoms with Gasteiger partial charge in [-0.2, -0.15) is 0 Å². The summed E-state index contributed by atoms with van der Waals surface area (Å²) in [5, 5.41) is 4.81. The van der Waals surface area contributed by atoms with Gasteiger partial charge in [0.05, 0.1) is 10.7 Å². The van der Waals surface area contributed by atoms with Crippen molar-refractivity contribution in [2.45, 2.75) is 32.1 Å². The first-order valence-electron chi connectivity index (χ1n) is 7.08. The molecule has 1 aromatic rings. The van der Waals surface area contributed by atoms with E-state index in [2.05, 4.69) is 24.2 Å². The van der Waals surface area contributed by atoms with Gasteiger partial charge in [0.1, 0.15) is 0 Å². The Hall–Kier alpha value is -0.450. The molecule has 0 spiro atoms. The molecule has 18 heavy (non-hydrogen) atoms. The summed E-state index contributed by atoms with van der Waals surface area (Å²) in [6.45, 7) is 7.04. The highest BCUT2D eigenvalue weighted by molar-refractivity contribution is 7.11. The van der Waals surface area contributed by atoms with Gasteiger partial charge < -0.3 is 10.2 Å². The van der Waals surface area contributed by atoms with Crippen molar-refractivity contribution < 1.29 is 0 Å². The highest BCUT2D eigenvalue weighted by Crippen LogP contribution is 2.32. The second kappa shape index (κ2) is 5.27. The molecule has 4 heteroatoms. The van der Waals surface area contributed by atoms with E-state index in [1.807, 2.05) is 11.3 Å². The van der Waals surface area contributed by atoms with Gasteiger partial charge >= 0.3 is 0 Å². The summed E-state index contributed by atoms with van der Waals surface area (Å²) >= 11 is 1.93. The maximum absolute atomic E-state index is 4.95. The van der Waals surface area contributed by atoms with Crippen LogP contribution in [0.1, 0.15) is 34.3 Å². The Bertz CT molecular complexity index is 409. The average Bonchev–Trinajstić information content (AvgIpc) is 3.02. The van der Waals surface area contributed by atoms with Gasteiger partial charge in [0.2, 0.25) is 0 Å². The highest BCUT2D eigenvalue weighted by Gasteiger charge is 2.26. The van der Waals surface area contributed by atoms with Gasteiger partial charge in [0.15, 0.2) is 0 Å². The number of hydrogen-bond donors (Lipinski definition) is 1. The summed E-state index contributed by atoms with van der Waals surface area (Å²) in [7, 11) is 2.22. The smallest absolute Gasteiger partial charge is 0.0934 e. The number of hydrogen-bond acceptors (Lipinski definition) is 4. The summed E-state index contributed by atoms with van der Waals surface area (Å²) in [5.41, 5.74) is 1.39. The van der Waals surface area contributed by atoms with Crippen LogP contribution in [0, 0.1) is 12.8 Å². The predicted molar refractivity (Wildman–Crippen MR) is 76.4 cm³/mol. The number of thiazole rings is 1. The molecule has 0 radical (unpaired) electrons. The van der Waals surface area contributed by atoms with E-state index in [9.17, 15) is 0 Å². The minimum atomic E-state index is 0.682. The van der Waals surface area contributed by atoms with E-state index in [1.165, 1.54) is 61.0 Å². The van der Waals surface area contributed by atoms with E-state index in [1.54, 1.807) is 0 Å². The van der Waals surface area contributed by atoms with Crippen molar-refractivity contribution in [1.29, 1.82) is 0 Å². The Labute approximate surface area is 114 Å². The van der Waals surface area contributed by atoms with Crippen molar-refractivity contribution in [2.24, 2.45) is 5.92 Å². The van der Waals surface area contributed by atoms with Crippen LogP contribution in [0.2, 0.25) is 0 Å². The maximum Gasteiger partial charge on any atom is 0.0934 e. The number of aryl methyl sites for hydroxylation is 1. The molecule has 1 N–H and O–H groups in total. The fourth-order valence-corrected chi connectivity index (χ4v) is 4.36. The highest BCUT2D eigenvalue weighted by atomic mass is 32.1. The summed E-state index contributed by atoms with van der Waals surface area (Å²) < 4.78 is 0. The molecule has 3 rings (SSSR count). The Morgan fingerprint density at radius 2 is 2.33 bits per heavy atom. The summed E-state index contributed by atoms with van der Waals surface area (Å²) in [4.78, 5) is 8.83. The molecule has 2 unspecified atom stereocenters. The zero-order valence-corrected chi connectivity index (χ0v) is 12.2. The van der Waals surface area contributed by atoms with Crippen LogP contribution in [0.4, 0.5) is 0 Å². The molecule has 1 aromatic heterocycles. The van der Waals surface area contributed by atoms with Crippen molar-refractivity contribution in [1.82, 2.24) is 15.2 Å². The first-order chi connectivity index (χ1) is 8.72. The third-order valence-electron chi connectivity index (χ3n) is 4.28. The Balaban J connectivity index is 1.69.